The van der Waals surface area contributed by atoms with Crippen molar-refractivity contribution >= 4 is 11.8 Å². The van der Waals surface area contributed by atoms with Crippen molar-refractivity contribution < 1.29 is 9.59 Å². The highest BCUT2D eigenvalue weighted by molar-refractivity contribution is 6.34. The van der Waals surface area contributed by atoms with E-state index in [0.717, 1.165) is 5.56 Å². The minimum Gasteiger partial charge on any atom is -0.361 e. The number of carbonyl (C=O) groups is 2. The fraction of sp³-hybridized carbons (Fsp3) is 0.200. The second-order valence-electron chi connectivity index (χ2n) is 2.97. The molecule has 0 aliphatic carbocycles. The molecule has 4 nitrogen and oxygen atoms in total. The molecule has 0 aliphatic rings. The molecule has 0 aromatic heterocycles. The minimum absolute atomic E-state index is 0.212. The van der Waals surface area contributed by atoms with Gasteiger partial charge in [0, 0.05) is 0 Å². The Bertz CT molecular complexity index is 335. The molecule has 3 N–H and O–H groups in total. The van der Waals surface area contributed by atoms with Gasteiger partial charge in [0.2, 0.25) is 0 Å². The molecule has 0 fully saturated rings. The van der Waals surface area contributed by atoms with E-state index in [9.17, 15) is 9.59 Å². The number of hydrogen-bond donors (Lipinski definition) is 2. The summed E-state index contributed by atoms with van der Waals surface area (Å²) in [5, 5.41) is 2.48. The van der Waals surface area contributed by atoms with E-state index in [0.29, 0.717) is 0 Å². The van der Waals surface area contributed by atoms with E-state index in [2.05, 4.69) is 5.32 Å². The van der Waals surface area contributed by atoms with Gasteiger partial charge in [-0.15, -0.1) is 0 Å². The fourth-order valence-corrected chi connectivity index (χ4v) is 1.09. The van der Waals surface area contributed by atoms with Crippen molar-refractivity contribution in [1.82, 2.24) is 5.32 Å². The van der Waals surface area contributed by atoms with Gasteiger partial charge in [0.05, 0.1) is 6.04 Å². The summed E-state index contributed by atoms with van der Waals surface area (Å²) in [5.74, 6) is -1.73. The van der Waals surface area contributed by atoms with Gasteiger partial charge < -0.3 is 11.1 Å². The van der Waals surface area contributed by atoms with E-state index in [-0.39, 0.29) is 6.04 Å². The zero-order valence-corrected chi connectivity index (χ0v) is 7.86. The van der Waals surface area contributed by atoms with Gasteiger partial charge >= 0.3 is 11.8 Å². The van der Waals surface area contributed by atoms with Crippen LogP contribution < -0.4 is 11.1 Å². The summed E-state index contributed by atoms with van der Waals surface area (Å²) in [4.78, 5) is 21.4. The number of nitrogens with one attached hydrogen (secondary N) is 1. The van der Waals surface area contributed by atoms with Gasteiger partial charge in [0.15, 0.2) is 0 Å². The van der Waals surface area contributed by atoms with Gasteiger partial charge in [-0.1, -0.05) is 30.3 Å². The zero-order valence-electron chi connectivity index (χ0n) is 7.86. The van der Waals surface area contributed by atoms with Crippen molar-refractivity contribution in [3.63, 3.8) is 0 Å². The molecule has 1 rings (SSSR count). The molecule has 0 heterocycles. The lowest BCUT2D eigenvalue weighted by Crippen LogP contribution is -2.37. The molecule has 1 aromatic carbocycles. The molecule has 74 valence electrons. The standard InChI is InChI=1S/C10H12N2O2/c1-7(12-10(14)9(11)13)8-5-3-2-4-6-8/h2-7H,1H3,(H2,11,13)(H,12,14)/t7-/m1/s1. The lowest BCUT2D eigenvalue weighted by atomic mass is 10.1. The molecule has 0 saturated heterocycles. The molecule has 1 aromatic rings. The molecule has 0 saturated carbocycles. The Balaban J connectivity index is 2.64. The van der Waals surface area contributed by atoms with Crippen LogP contribution in [0, 0.1) is 0 Å². The molecule has 1 atom stereocenters. The van der Waals surface area contributed by atoms with E-state index in [4.69, 9.17) is 5.73 Å². The quantitative estimate of drug-likeness (QED) is 0.663. The summed E-state index contributed by atoms with van der Waals surface area (Å²) < 4.78 is 0. The lowest BCUT2D eigenvalue weighted by Gasteiger charge is -2.12. The van der Waals surface area contributed by atoms with Gasteiger partial charge in [0.1, 0.15) is 0 Å². The third-order valence-electron chi connectivity index (χ3n) is 1.87. The van der Waals surface area contributed by atoms with Crippen LogP contribution in [0.4, 0.5) is 0 Å². The maximum atomic E-state index is 10.9. The number of rotatable bonds is 2. The monoisotopic (exact) mass is 192 g/mol. The Morgan fingerprint density at radius 3 is 2.36 bits per heavy atom. The Morgan fingerprint density at radius 1 is 1.29 bits per heavy atom. The maximum absolute atomic E-state index is 10.9. The largest absolute Gasteiger partial charge is 0.361 e. The van der Waals surface area contributed by atoms with Crippen molar-refractivity contribution in [2.45, 2.75) is 13.0 Å². The van der Waals surface area contributed by atoms with Crippen LogP contribution in [0.15, 0.2) is 30.3 Å². The molecule has 0 bridgehead atoms. The van der Waals surface area contributed by atoms with E-state index in [1.54, 1.807) is 6.92 Å². The predicted molar refractivity (Wildman–Crippen MR) is 52.2 cm³/mol. The van der Waals surface area contributed by atoms with Crippen LogP contribution >= 0.6 is 0 Å². The number of primary amides is 1. The Morgan fingerprint density at radius 2 is 1.86 bits per heavy atom. The van der Waals surface area contributed by atoms with Gasteiger partial charge in [-0.05, 0) is 12.5 Å². The summed E-state index contributed by atoms with van der Waals surface area (Å²) in [6.45, 7) is 1.79. The number of amides is 2. The number of carbonyl (C=O) groups excluding carboxylic acids is 2. The average Bonchev–Trinajstić information content (AvgIpc) is 2.19. The van der Waals surface area contributed by atoms with Crippen LogP contribution in [0.2, 0.25) is 0 Å². The molecular weight excluding hydrogens is 180 g/mol. The van der Waals surface area contributed by atoms with Crippen LogP contribution in [-0.4, -0.2) is 11.8 Å². The van der Waals surface area contributed by atoms with E-state index in [1.807, 2.05) is 30.3 Å². The van der Waals surface area contributed by atoms with Crippen molar-refractivity contribution in [2.24, 2.45) is 5.73 Å². The highest BCUT2D eigenvalue weighted by atomic mass is 16.2. The predicted octanol–water partition coefficient (Wildman–Crippen LogP) is 0.349. The van der Waals surface area contributed by atoms with Crippen LogP contribution in [0.1, 0.15) is 18.5 Å². The zero-order chi connectivity index (χ0) is 10.6. The van der Waals surface area contributed by atoms with Crippen LogP contribution in [0.25, 0.3) is 0 Å². The van der Waals surface area contributed by atoms with Gasteiger partial charge in [-0.3, -0.25) is 9.59 Å². The maximum Gasteiger partial charge on any atom is 0.309 e. The topological polar surface area (TPSA) is 72.2 Å². The first-order chi connectivity index (χ1) is 6.61. The smallest absolute Gasteiger partial charge is 0.309 e. The van der Waals surface area contributed by atoms with Crippen LogP contribution in [-0.2, 0) is 9.59 Å². The van der Waals surface area contributed by atoms with Gasteiger partial charge in [-0.2, -0.15) is 0 Å². The van der Waals surface area contributed by atoms with Crippen LogP contribution in [0.5, 0.6) is 0 Å². The third kappa shape index (κ3) is 2.58. The number of hydrogen-bond acceptors (Lipinski definition) is 2. The van der Waals surface area contributed by atoms with Crippen molar-refractivity contribution in [3.8, 4) is 0 Å². The fourth-order valence-electron chi connectivity index (χ4n) is 1.09. The second-order valence-corrected chi connectivity index (χ2v) is 2.97. The van der Waals surface area contributed by atoms with Gasteiger partial charge in [0.25, 0.3) is 0 Å². The SMILES string of the molecule is C[C@@H](NC(=O)C(N)=O)c1ccccc1. The van der Waals surface area contributed by atoms with E-state index in [1.165, 1.54) is 0 Å². The average molecular weight is 192 g/mol. The highest BCUT2D eigenvalue weighted by Gasteiger charge is 2.12. The van der Waals surface area contributed by atoms with Crippen molar-refractivity contribution in [3.05, 3.63) is 35.9 Å². The molecule has 14 heavy (non-hydrogen) atoms. The normalized spacial score (nSPS) is 11.8. The molecule has 4 heteroatoms. The Kier molecular flexibility index (Phi) is 3.23. The molecule has 0 aliphatic heterocycles. The van der Waals surface area contributed by atoms with E-state index >= 15 is 0 Å². The number of benzene rings is 1. The summed E-state index contributed by atoms with van der Waals surface area (Å²) in [7, 11) is 0. The Labute approximate surface area is 82.1 Å². The highest BCUT2D eigenvalue weighted by Crippen LogP contribution is 2.10. The van der Waals surface area contributed by atoms with Crippen molar-refractivity contribution in [2.75, 3.05) is 0 Å². The third-order valence-corrected chi connectivity index (χ3v) is 1.87. The van der Waals surface area contributed by atoms with E-state index < -0.39 is 11.8 Å². The summed E-state index contributed by atoms with van der Waals surface area (Å²) in [6.07, 6.45) is 0. The molecule has 0 spiro atoms. The minimum atomic E-state index is -0.965. The molecule has 0 radical (unpaired) electrons. The van der Waals surface area contributed by atoms with Crippen LogP contribution in [0.3, 0.4) is 0 Å². The summed E-state index contributed by atoms with van der Waals surface area (Å²) >= 11 is 0. The van der Waals surface area contributed by atoms with Gasteiger partial charge in [-0.25, -0.2) is 0 Å². The first-order valence-corrected chi connectivity index (χ1v) is 4.26. The molecule has 2 amide bonds. The first kappa shape index (κ1) is 10.2. The summed E-state index contributed by atoms with van der Waals surface area (Å²) in [5.41, 5.74) is 5.74. The molecular formula is C10H12N2O2. The number of nitrogens with two attached hydrogens (primary N) is 1. The van der Waals surface area contributed by atoms with Crippen molar-refractivity contribution in [1.29, 1.82) is 0 Å². The second kappa shape index (κ2) is 4.41. The summed E-state index contributed by atoms with van der Waals surface area (Å²) in [6, 6.07) is 9.13. The Hall–Kier alpha value is -1.84. The lowest BCUT2D eigenvalue weighted by molar-refractivity contribution is -0.137. The first-order valence-electron chi connectivity index (χ1n) is 4.26. The molecule has 0 unspecified atom stereocenters.